The molecule has 8 nitrogen and oxygen atoms in total. The van der Waals surface area contributed by atoms with Crippen molar-refractivity contribution in [2.75, 3.05) is 34.5 Å². The molecule has 1 amide bonds. The number of fused-ring (bicyclic) bond motifs is 3. The highest BCUT2D eigenvalue weighted by molar-refractivity contribution is 5.79. The molecule has 0 aromatic heterocycles. The van der Waals surface area contributed by atoms with Gasteiger partial charge in [-0.15, -0.1) is 0 Å². The lowest BCUT2D eigenvalue weighted by atomic mass is 9.98. The third kappa shape index (κ3) is 4.93. The molecule has 0 fully saturated rings. The van der Waals surface area contributed by atoms with E-state index in [1.807, 2.05) is 36.4 Å². The Morgan fingerprint density at radius 3 is 2.03 bits per heavy atom. The van der Waals surface area contributed by atoms with Crippen LogP contribution in [0.15, 0.2) is 60.7 Å². The van der Waals surface area contributed by atoms with E-state index in [-0.39, 0.29) is 25.5 Å². The molecule has 1 unspecified atom stereocenters. The maximum absolute atomic E-state index is 12.5. The summed E-state index contributed by atoms with van der Waals surface area (Å²) in [6, 6.07) is 19.5. The van der Waals surface area contributed by atoms with Gasteiger partial charge in [-0.3, -0.25) is 4.79 Å². The molecule has 0 spiro atoms. The maximum atomic E-state index is 12.5. The summed E-state index contributed by atoms with van der Waals surface area (Å²) >= 11 is 0. The topological polar surface area (TPSA) is 103 Å². The number of ether oxygens (including phenoxy) is 4. The number of rotatable bonds is 10. The first-order valence-corrected chi connectivity index (χ1v) is 11.6. The molecule has 188 valence electrons. The van der Waals surface area contributed by atoms with Crippen molar-refractivity contribution in [3.8, 4) is 28.4 Å². The molecule has 4 rings (SSSR count). The fraction of sp³-hybridized carbons (Fsp3) is 0.286. The number of carbonyl (C=O) groups is 2. The predicted octanol–water partition coefficient (Wildman–Crippen LogP) is 4.49. The zero-order valence-electron chi connectivity index (χ0n) is 20.4. The van der Waals surface area contributed by atoms with E-state index in [1.165, 1.54) is 21.3 Å². The van der Waals surface area contributed by atoms with Gasteiger partial charge in [-0.1, -0.05) is 54.6 Å². The van der Waals surface area contributed by atoms with E-state index in [9.17, 15) is 14.7 Å². The van der Waals surface area contributed by atoms with E-state index in [0.717, 1.165) is 22.3 Å². The molecule has 3 aromatic carbocycles. The highest BCUT2D eigenvalue weighted by atomic mass is 16.5. The molecule has 0 bridgehead atoms. The van der Waals surface area contributed by atoms with Crippen molar-refractivity contribution in [3.05, 3.63) is 77.4 Å². The Morgan fingerprint density at radius 1 is 0.861 bits per heavy atom. The van der Waals surface area contributed by atoms with Crippen molar-refractivity contribution >= 4 is 12.1 Å². The summed E-state index contributed by atoms with van der Waals surface area (Å²) < 4.78 is 21.7. The number of alkyl carbamates (subject to hydrolysis) is 1. The Hall–Kier alpha value is -4.20. The van der Waals surface area contributed by atoms with Crippen molar-refractivity contribution in [2.45, 2.75) is 12.3 Å². The number of methoxy groups -OCH3 is 3. The number of carbonyl (C=O) groups excluding carboxylic acids is 1. The highest BCUT2D eigenvalue weighted by Gasteiger charge is 2.29. The molecule has 0 aliphatic heterocycles. The molecule has 8 heteroatoms. The standard InChI is InChI=1S/C28H29NO7/c1-33-24-13-12-17(25(34-2)26(24)35-3)14-18(27(30)31)15-29-28(32)36-16-23-21-10-6-4-8-19(21)20-9-5-7-11-22(20)23/h4-13,18,23H,14-16H2,1-3H3,(H,29,32)(H,30,31). The minimum atomic E-state index is -1.05. The fourth-order valence-electron chi connectivity index (χ4n) is 4.69. The predicted molar refractivity (Wildman–Crippen MR) is 134 cm³/mol. The highest BCUT2D eigenvalue weighted by Crippen LogP contribution is 2.44. The van der Waals surface area contributed by atoms with Crippen LogP contribution in [0, 0.1) is 5.92 Å². The number of benzene rings is 3. The number of aliphatic carboxylic acids is 1. The largest absolute Gasteiger partial charge is 0.493 e. The monoisotopic (exact) mass is 491 g/mol. The van der Waals surface area contributed by atoms with Gasteiger partial charge in [0.2, 0.25) is 5.75 Å². The van der Waals surface area contributed by atoms with Crippen LogP contribution >= 0.6 is 0 Å². The lowest BCUT2D eigenvalue weighted by molar-refractivity contribution is -0.141. The quantitative estimate of drug-likeness (QED) is 0.431. The third-order valence-corrected chi connectivity index (χ3v) is 6.44. The van der Waals surface area contributed by atoms with E-state index in [0.29, 0.717) is 22.8 Å². The van der Waals surface area contributed by atoms with E-state index >= 15 is 0 Å². The molecule has 2 N–H and O–H groups in total. The smallest absolute Gasteiger partial charge is 0.407 e. The number of carboxylic acid groups (broad SMARTS) is 1. The summed E-state index contributed by atoms with van der Waals surface area (Å²) in [4.78, 5) is 24.5. The van der Waals surface area contributed by atoms with Crippen LogP contribution in [0.1, 0.15) is 22.6 Å². The van der Waals surface area contributed by atoms with Gasteiger partial charge < -0.3 is 29.4 Å². The van der Waals surface area contributed by atoms with E-state index in [4.69, 9.17) is 18.9 Å². The van der Waals surface area contributed by atoms with Gasteiger partial charge in [0.05, 0.1) is 27.2 Å². The molecule has 1 atom stereocenters. The Bertz CT molecular complexity index is 1210. The second-order valence-electron chi connectivity index (χ2n) is 8.44. The molecule has 0 heterocycles. The average molecular weight is 492 g/mol. The fourth-order valence-corrected chi connectivity index (χ4v) is 4.69. The van der Waals surface area contributed by atoms with Crippen molar-refractivity contribution in [2.24, 2.45) is 5.92 Å². The first kappa shape index (κ1) is 24.9. The van der Waals surface area contributed by atoms with Gasteiger partial charge in [0.25, 0.3) is 0 Å². The molecule has 0 saturated carbocycles. The van der Waals surface area contributed by atoms with Gasteiger partial charge in [0, 0.05) is 12.5 Å². The summed E-state index contributed by atoms with van der Waals surface area (Å²) in [6.45, 7) is 0.0462. The van der Waals surface area contributed by atoms with E-state index in [1.54, 1.807) is 12.1 Å². The lowest BCUT2D eigenvalue weighted by Crippen LogP contribution is -2.35. The van der Waals surface area contributed by atoms with E-state index in [2.05, 4.69) is 17.4 Å². The minimum absolute atomic E-state index is 0.0746. The SMILES string of the molecule is COc1ccc(CC(CNC(=O)OCC2c3ccccc3-c3ccccc32)C(=O)O)c(OC)c1OC. The molecule has 1 aliphatic rings. The second-order valence-corrected chi connectivity index (χ2v) is 8.44. The lowest BCUT2D eigenvalue weighted by Gasteiger charge is -2.19. The molecule has 1 aliphatic carbocycles. The third-order valence-electron chi connectivity index (χ3n) is 6.44. The molecular formula is C28H29NO7. The van der Waals surface area contributed by atoms with Crippen LogP contribution in [0.5, 0.6) is 17.2 Å². The Balaban J connectivity index is 1.40. The van der Waals surface area contributed by atoms with Crippen molar-refractivity contribution in [1.82, 2.24) is 5.32 Å². The molecule has 36 heavy (non-hydrogen) atoms. The zero-order chi connectivity index (χ0) is 25.7. The van der Waals surface area contributed by atoms with Crippen LogP contribution in [-0.4, -0.2) is 51.7 Å². The number of amides is 1. The number of hydrogen-bond acceptors (Lipinski definition) is 6. The Morgan fingerprint density at radius 2 is 1.47 bits per heavy atom. The summed E-state index contributed by atoms with van der Waals surface area (Å²) in [7, 11) is 4.47. The Labute approximate surface area is 209 Å². The van der Waals surface area contributed by atoms with E-state index < -0.39 is 18.0 Å². The number of hydrogen-bond donors (Lipinski definition) is 2. The first-order chi connectivity index (χ1) is 17.5. The van der Waals surface area contributed by atoms with Gasteiger partial charge >= 0.3 is 12.1 Å². The normalized spacial score (nSPS) is 12.8. The maximum Gasteiger partial charge on any atom is 0.407 e. The van der Waals surface area contributed by atoms with Gasteiger partial charge in [-0.2, -0.15) is 0 Å². The van der Waals surface area contributed by atoms with Crippen LogP contribution in [0.3, 0.4) is 0 Å². The van der Waals surface area contributed by atoms with Crippen molar-refractivity contribution < 1.29 is 33.6 Å². The van der Waals surface area contributed by atoms with Crippen LogP contribution < -0.4 is 19.5 Å². The second kappa shape index (κ2) is 11.0. The summed E-state index contributed by atoms with van der Waals surface area (Å²) in [5.74, 6) is -0.783. The van der Waals surface area contributed by atoms with Crippen molar-refractivity contribution in [1.29, 1.82) is 0 Å². The molecular weight excluding hydrogens is 462 g/mol. The van der Waals surface area contributed by atoms with Crippen molar-refractivity contribution in [3.63, 3.8) is 0 Å². The van der Waals surface area contributed by atoms with Crippen LogP contribution in [0.4, 0.5) is 4.79 Å². The number of nitrogens with one attached hydrogen (secondary N) is 1. The molecule has 3 aromatic rings. The molecule has 0 saturated heterocycles. The van der Waals surface area contributed by atoms with Gasteiger partial charge in [-0.25, -0.2) is 4.79 Å². The minimum Gasteiger partial charge on any atom is -0.493 e. The van der Waals surface area contributed by atoms with Crippen LogP contribution in [0.25, 0.3) is 11.1 Å². The molecule has 0 radical (unpaired) electrons. The summed E-state index contributed by atoms with van der Waals surface area (Å²) in [5, 5.41) is 12.4. The van der Waals surface area contributed by atoms with Crippen LogP contribution in [0.2, 0.25) is 0 Å². The zero-order valence-corrected chi connectivity index (χ0v) is 20.4. The van der Waals surface area contributed by atoms with Crippen LogP contribution in [-0.2, 0) is 16.0 Å². The summed E-state index contributed by atoms with van der Waals surface area (Å²) in [6.07, 6.45) is -0.551. The Kier molecular flexibility index (Phi) is 7.63. The summed E-state index contributed by atoms with van der Waals surface area (Å²) in [5.41, 5.74) is 5.11. The number of carboxylic acids is 1. The van der Waals surface area contributed by atoms with Gasteiger partial charge in [0.1, 0.15) is 6.61 Å². The van der Waals surface area contributed by atoms with Gasteiger partial charge in [0.15, 0.2) is 11.5 Å². The average Bonchev–Trinajstić information content (AvgIpc) is 3.22. The first-order valence-electron chi connectivity index (χ1n) is 11.6. The van der Waals surface area contributed by atoms with Gasteiger partial charge in [-0.05, 0) is 40.3 Å².